The lowest BCUT2D eigenvalue weighted by molar-refractivity contribution is -0.135. The maximum absolute atomic E-state index is 12.3. The van der Waals surface area contributed by atoms with Gasteiger partial charge in [0.05, 0.1) is 17.0 Å². The fraction of sp³-hybridized carbons (Fsp3) is 0.600. The monoisotopic (exact) mass is 369 g/mol. The van der Waals surface area contributed by atoms with Gasteiger partial charge in [0.15, 0.2) is 5.76 Å². The molecule has 3 heterocycles. The third kappa shape index (κ3) is 3.96. The van der Waals surface area contributed by atoms with E-state index >= 15 is 0 Å². The fourth-order valence-corrected chi connectivity index (χ4v) is 3.60. The highest BCUT2D eigenvalue weighted by Crippen LogP contribution is 2.35. The number of carbonyl (C=O) groups excluding carboxylic acids is 1. The Balaban J connectivity index is 1.58. The number of carbonyl (C=O) groups is 1. The molecular formula is C20H27N5O2. The van der Waals surface area contributed by atoms with E-state index in [0.29, 0.717) is 17.8 Å². The number of nitrogens with zero attached hydrogens (tertiary/aromatic N) is 4. The molecule has 1 aliphatic heterocycles. The molecule has 0 radical (unpaired) electrons. The Bertz CT molecular complexity index is 820. The minimum Gasteiger partial charge on any atom is -0.356 e. The van der Waals surface area contributed by atoms with Crippen molar-refractivity contribution in [2.45, 2.75) is 58.4 Å². The zero-order valence-corrected chi connectivity index (χ0v) is 16.2. The molecular weight excluding hydrogens is 342 g/mol. The Labute approximate surface area is 159 Å². The van der Waals surface area contributed by atoms with Crippen LogP contribution in [0.1, 0.15) is 56.8 Å². The van der Waals surface area contributed by atoms with Crippen molar-refractivity contribution in [2.24, 2.45) is 5.92 Å². The molecule has 4 rings (SSSR count). The molecule has 2 aliphatic rings. The van der Waals surface area contributed by atoms with Crippen LogP contribution in [0.2, 0.25) is 0 Å². The Hall–Kier alpha value is -2.44. The van der Waals surface area contributed by atoms with Crippen LogP contribution in [-0.2, 0) is 4.79 Å². The largest absolute Gasteiger partial charge is 0.356 e. The molecule has 7 heteroatoms. The molecule has 1 N–H and O–H groups in total. The van der Waals surface area contributed by atoms with Gasteiger partial charge in [0.1, 0.15) is 0 Å². The average Bonchev–Trinajstić information content (AvgIpc) is 3.38. The van der Waals surface area contributed by atoms with Gasteiger partial charge >= 0.3 is 0 Å². The molecule has 7 nitrogen and oxygen atoms in total. The van der Waals surface area contributed by atoms with Crippen molar-refractivity contribution in [3.8, 4) is 11.3 Å². The summed E-state index contributed by atoms with van der Waals surface area (Å²) in [5.41, 5.74) is 2.75. The van der Waals surface area contributed by atoms with Crippen LogP contribution in [0.4, 0.5) is 5.95 Å². The molecule has 1 aliphatic carbocycles. The summed E-state index contributed by atoms with van der Waals surface area (Å²) in [7, 11) is 0. The Kier molecular flexibility index (Phi) is 4.85. The summed E-state index contributed by atoms with van der Waals surface area (Å²) in [6, 6.07) is 2.43. The standard InChI is InChI=1S/C20H27N5O2/c1-12(2)19(26)25-8-6-14(7-9-25)18-16(17-10-13(3)24-27-17)11-21-20(23-18)22-15-4-5-15/h10-12,14-15H,4-9H2,1-3H3,(H,21,22,23). The first-order valence-electron chi connectivity index (χ1n) is 9.87. The van der Waals surface area contributed by atoms with E-state index in [2.05, 4.69) is 15.5 Å². The third-order valence-corrected chi connectivity index (χ3v) is 5.31. The number of hydrogen-bond donors (Lipinski definition) is 1. The third-order valence-electron chi connectivity index (χ3n) is 5.31. The zero-order valence-electron chi connectivity index (χ0n) is 16.2. The molecule has 0 aromatic carbocycles. The highest BCUT2D eigenvalue weighted by molar-refractivity contribution is 5.78. The summed E-state index contributed by atoms with van der Waals surface area (Å²) in [4.78, 5) is 23.6. The number of rotatable bonds is 5. The molecule has 0 atom stereocenters. The Morgan fingerprint density at radius 1 is 1.26 bits per heavy atom. The maximum atomic E-state index is 12.3. The zero-order chi connectivity index (χ0) is 19.0. The number of anilines is 1. The Morgan fingerprint density at radius 2 is 2.00 bits per heavy atom. The first kappa shape index (κ1) is 17.9. The van der Waals surface area contributed by atoms with Crippen LogP contribution in [-0.4, -0.2) is 45.1 Å². The number of nitrogens with one attached hydrogen (secondary N) is 1. The van der Waals surface area contributed by atoms with E-state index in [1.165, 1.54) is 12.8 Å². The van der Waals surface area contributed by atoms with E-state index in [1.54, 1.807) is 0 Å². The Morgan fingerprint density at radius 3 is 2.59 bits per heavy atom. The summed E-state index contributed by atoms with van der Waals surface area (Å²) < 4.78 is 5.49. The van der Waals surface area contributed by atoms with E-state index < -0.39 is 0 Å². The normalized spacial score (nSPS) is 18.1. The quantitative estimate of drug-likeness (QED) is 0.870. The van der Waals surface area contributed by atoms with Gasteiger partial charge in [0.2, 0.25) is 11.9 Å². The molecule has 1 saturated heterocycles. The molecule has 27 heavy (non-hydrogen) atoms. The van der Waals surface area contributed by atoms with Crippen LogP contribution in [0, 0.1) is 12.8 Å². The molecule has 2 fully saturated rings. The molecule has 1 saturated carbocycles. The lowest BCUT2D eigenvalue weighted by Gasteiger charge is -2.33. The van der Waals surface area contributed by atoms with Gasteiger partial charge < -0.3 is 14.7 Å². The SMILES string of the molecule is Cc1cc(-c2cnc(NC3CC3)nc2C2CCN(C(=O)C(C)C)CC2)on1. The summed E-state index contributed by atoms with van der Waals surface area (Å²) in [5, 5.41) is 7.40. The number of amides is 1. The second kappa shape index (κ2) is 7.29. The second-order valence-electron chi connectivity index (χ2n) is 8.00. The molecule has 2 aromatic heterocycles. The number of likely N-dealkylation sites (tertiary alicyclic amines) is 1. The smallest absolute Gasteiger partial charge is 0.225 e. The van der Waals surface area contributed by atoms with Gasteiger partial charge in [-0.1, -0.05) is 19.0 Å². The first-order chi connectivity index (χ1) is 13.0. The number of piperidine rings is 1. The number of aromatic nitrogens is 3. The molecule has 0 spiro atoms. The van der Waals surface area contributed by atoms with Gasteiger partial charge in [-0.3, -0.25) is 4.79 Å². The molecule has 2 aromatic rings. The van der Waals surface area contributed by atoms with Gasteiger partial charge in [-0.2, -0.15) is 0 Å². The van der Waals surface area contributed by atoms with Crippen molar-refractivity contribution in [1.82, 2.24) is 20.0 Å². The van der Waals surface area contributed by atoms with Crippen LogP contribution >= 0.6 is 0 Å². The van der Waals surface area contributed by atoms with Gasteiger partial charge in [-0.05, 0) is 32.6 Å². The highest BCUT2D eigenvalue weighted by atomic mass is 16.5. The topological polar surface area (TPSA) is 84.2 Å². The fourth-order valence-electron chi connectivity index (χ4n) is 3.60. The van der Waals surface area contributed by atoms with Crippen molar-refractivity contribution in [3.63, 3.8) is 0 Å². The average molecular weight is 369 g/mol. The first-order valence-corrected chi connectivity index (χ1v) is 9.87. The minimum atomic E-state index is 0.0441. The summed E-state index contributed by atoms with van der Waals surface area (Å²) in [6.45, 7) is 7.36. The lowest BCUT2D eigenvalue weighted by atomic mass is 9.89. The minimum absolute atomic E-state index is 0.0441. The predicted molar refractivity (Wildman–Crippen MR) is 102 cm³/mol. The van der Waals surface area contributed by atoms with Crippen LogP contribution in [0.25, 0.3) is 11.3 Å². The number of hydrogen-bond acceptors (Lipinski definition) is 6. The number of aryl methyl sites for hydroxylation is 1. The van der Waals surface area contributed by atoms with Crippen LogP contribution in [0.5, 0.6) is 0 Å². The second-order valence-corrected chi connectivity index (χ2v) is 8.00. The summed E-state index contributed by atoms with van der Waals surface area (Å²) >= 11 is 0. The van der Waals surface area contributed by atoms with E-state index in [-0.39, 0.29) is 17.7 Å². The van der Waals surface area contributed by atoms with Crippen LogP contribution in [0.15, 0.2) is 16.8 Å². The van der Waals surface area contributed by atoms with Crippen molar-refractivity contribution >= 4 is 11.9 Å². The van der Waals surface area contributed by atoms with Gasteiger partial charge in [0.25, 0.3) is 0 Å². The summed E-state index contributed by atoms with van der Waals surface area (Å²) in [5.74, 6) is 1.96. The highest BCUT2D eigenvalue weighted by Gasteiger charge is 2.29. The van der Waals surface area contributed by atoms with Crippen molar-refractivity contribution < 1.29 is 9.32 Å². The van der Waals surface area contributed by atoms with E-state index in [1.807, 2.05) is 37.9 Å². The van der Waals surface area contributed by atoms with Crippen molar-refractivity contribution in [1.29, 1.82) is 0 Å². The summed E-state index contributed by atoms with van der Waals surface area (Å²) in [6.07, 6.45) is 6.00. The van der Waals surface area contributed by atoms with E-state index in [4.69, 9.17) is 9.51 Å². The van der Waals surface area contributed by atoms with E-state index in [0.717, 1.165) is 42.9 Å². The van der Waals surface area contributed by atoms with Crippen molar-refractivity contribution in [2.75, 3.05) is 18.4 Å². The van der Waals surface area contributed by atoms with Gasteiger partial charge in [0, 0.05) is 43.2 Å². The molecule has 0 bridgehead atoms. The van der Waals surface area contributed by atoms with Crippen LogP contribution < -0.4 is 5.32 Å². The molecule has 1 amide bonds. The van der Waals surface area contributed by atoms with Crippen molar-refractivity contribution in [3.05, 3.63) is 23.7 Å². The van der Waals surface area contributed by atoms with Gasteiger partial charge in [-0.25, -0.2) is 9.97 Å². The van der Waals surface area contributed by atoms with Gasteiger partial charge in [-0.15, -0.1) is 0 Å². The maximum Gasteiger partial charge on any atom is 0.225 e. The molecule has 0 unspecified atom stereocenters. The van der Waals surface area contributed by atoms with E-state index in [9.17, 15) is 4.79 Å². The lowest BCUT2D eigenvalue weighted by Crippen LogP contribution is -2.40. The predicted octanol–water partition coefficient (Wildman–Crippen LogP) is 3.38. The van der Waals surface area contributed by atoms with Crippen LogP contribution in [0.3, 0.4) is 0 Å². The molecule has 144 valence electrons.